The molecule has 0 aliphatic carbocycles. The van der Waals surface area contributed by atoms with Crippen LogP contribution in [0, 0.1) is 0 Å². The lowest BCUT2D eigenvalue weighted by molar-refractivity contribution is -0.150. The topological polar surface area (TPSA) is 120 Å². The largest absolute Gasteiger partial charge is 0.394 e. The summed E-state index contributed by atoms with van der Waals surface area (Å²) < 4.78 is 10.6. The number of nitrogens with zero attached hydrogens (tertiary/aromatic N) is 1. The fourth-order valence-electron chi connectivity index (χ4n) is 2.18. The lowest BCUT2D eigenvalue weighted by Crippen LogP contribution is -2.58. The maximum absolute atomic E-state index is 9.90. The highest BCUT2D eigenvalue weighted by molar-refractivity contribution is 5.01. The van der Waals surface area contributed by atoms with Crippen LogP contribution in [0.4, 0.5) is 0 Å². The summed E-state index contributed by atoms with van der Waals surface area (Å²) in [5.41, 5.74) is 5.59. The number of nitrogens with two attached hydrogens (primary N) is 1. The molecule has 2 aliphatic heterocycles. The van der Waals surface area contributed by atoms with E-state index >= 15 is 0 Å². The Balaban J connectivity index is 2.14. The maximum atomic E-state index is 9.90. The Labute approximate surface area is 105 Å². The van der Waals surface area contributed by atoms with Crippen molar-refractivity contribution in [3.8, 4) is 0 Å². The second kappa shape index (κ2) is 5.49. The zero-order chi connectivity index (χ0) is 13.3. The Hall–Kier alpha value is -0.740. The smallest absolute Gasteiger partial charge is 0.187 e. The average molecular weight is 261 g/mol. The van der Waals surface area contributed by atoms with Crippen LogP contribution < -0.4 is 11.1 Å². The second-order valence-corrected chi connectivity index (χ2v) is 4.29. The maximum Gasteiger partial charge on any atom is 0.187 e. The minimum absolute atomic E-state index is 0.321. The van der Waals surface area contributed by atoms with Gasteiger partial charge >= 0.3 is 0 Å². The standard InChI is InChI=1S/C10H19N3O5/c1-17-8-7(15)5(4-14)18-9(8)13-3-2-6(11)12-10(13)16/h2-3,5-10,12,14-16H,4,11H2,1H3/t5-,6?,7?,8?,9-,10?/m1/s1. The molecule has 6 atom stereocenters. The molecule has 0 radical (unpaired) electrons. The number of ether oxygens (including phenoxy) is 2. The summed E-state index contributed by atoms with van der Waals surface area (Å²) in [5.74, 6) is 0. The Kier molecular flexibility index (Phi) is 4.17. The van der Waals surface area contributed by atoms with Gasteiger partial charge in [0.2, 0.25) is 0 Å². The number of hydrogen-bond acceptors (Lipinski definition) is 8. The molecule has 2 aliphatic rings. The molecule has 2 heterocycles. The highest BCUT2D eigenvalue weighted by Crippen LogP contribution is 2.27. The molecule has 0 aromatic heterocycles. The summed E-state index contributed by atoms with van der Waals surface area (Å²) in [4.78, 5) is 1.44. The molecule has 0 bridgehead atoms. The fraction of sp³-hybridized carbons (Fsp3) is 0.800. The van der Waals surface area contributed by atoms with Crippen LogP contribution in [0.1, 0.15) is 0 Å². The average Bonchev–Trinajstić information content (AvgIpc) is 2.65. The zero-order valence-electron chi connectivity index (χ0n) is 10.0. The van der Waals surface area contributed by atoms with E-state index < -0.39 is 37.1 Å². The van der Waals surface area contributed by atoms with Gasteiger partial charge in [0, 0.05) is 13.3 Å². The third-order valence-electron chi connectivity index (χ3n) is 3.15. The molecule has 1 fully saturated rings. The summed E-state index contributed by atoms with van der Waals surface area (Å²) in [7, 11) is 1.43. The molecule has 0 aromatic carbocycles. The highest BCUT2D eigenvalue weighted by Gasteiger charge is 2.47. The lowest BCUT2D eigenvalue weighted by Gasteiger charge is -2.38. The van der Waals surface area contributed by atoms with Gasteiger partial charge in [-0.3, -0.25) is 5.32 Å². The van der Waals surface area contributed by atoms with Crippen LogP contribution in [0.3, 0.4) is 0 Å². The molecule has 4 unspecified atom stereocenters. The predicted molar refractivity (Wildman–Crippen MR) is 60.6 cm³/mol. The SMILES string of the molecule is COC1C(O)[C@@H](CO)O[C@H]1N1C=CC(N)NC1O. The first-order chi connectivity index (χ1) is 8.58. The van der Waals surface area contributed by atoms with E-state index in [0.717, 1.165) is 0 Å². The summed E-state index contributed by atoms with van der Waals surface area (Å²) in [6, 6.07) is 0. The first-order valence-corrected chi connectivity index (χ1v) is 5.71. The van der Waals surface area contributed by atoms with Crippen molar-refractivity contribution >= 4 is 0 Å². The number of nitrogens with one attached hydrogen (secondary N) is 1. The van der Waals surface area contributed by atoms with Gasteiger partial charge in [-0.05, 0) is 6.08 Å². The highest BCUT2D eigenvalue weighted by atomic mass is 16.6. The Bertz CT molecular complexity index is 316. The molecule has 8 nitrogen and oxygen atoms in total. The Morgan fingerprint density at radius 1 is 1.50 bits per heavy atom. The molecule has 0 spiro atoms. The van der Waals surface area contributed by atoms with E-state index in [2.05, 4.69) is 5.32 Å². The van der Waals surface area contributed by atoms with Gasteiger partial charge < -0.3 is 35.4 Å². The fourth-order valence-corrected chi connectivity index (χ4v) is 2.18. The molecular weight excluding hydrogens is 242 g/mol. The molecule has 0 saturated carbocycles. The molecule has 0 aromatic rings. The van der Waals surface area contributed by atoms with Crippen molar-refractivity contribution in [2.45, 2.75) is 37.1 Å². The molecule has 2 rings (SSSR count). The summed E-state index contributed by atoms with van der Waals surface area (Å²) in [5, 5.41) is 31.6. The molecular formula is C10H19N3O5. The third-order valence-corrected chi connectivity index (χ3v) is 3.15. The van der Waals surface area contributed by atoms with Gasteiger partial charge in [-0.25, -0.2) is 0 Å². The van der Waals surface area contributed by atoms with E-state index in [-0.39, 0.29) is 6.61 Å². The van der Waals surface area contributed by atoms with E-state index in [1.165, 1.54) is 12.0 Å². The van der Waals surface area contributed by atoms with Crippen LogP contribution in [-0.2, 0) is 9.47 Å². The van der Waals surface area contributed by atoms with Gasteiger partial charge in [0.1, 0.15) is 18.3 Å². The molecule has 18 heavy (non-hydrogen) atoms. The van der Waals surface area contributed by atoms with Crippen molar-refractivity contribution in [2.24, 2.45) is 5.73 Å². The van der Waals surface area contributed by atoms with Crippen LogP contribution in [0.25, 0.3) is 0 Å². The minimum atomic E-state index is -1.04. The number of methoxy groups -OCH3 is 1. The molecule has 6 N–H and O–H groups in total. The van der Waals surface area contributed by atoms with Gasteiger partial charge in [-0.15, -0.1) is 0 Å². The summed E-state index contributed by atoms with van der Waals surface area (Å²) in [6.45, 7) is -0.321. The molecule has 1 saturated heterocycles. The Morgan fingerprint density at radius 2 is 2.22 bits per heavy atom. The number of hydrogen-bond donors (Lipinski definition) is 5. The van der Waals surface area contributed by atoms with Crippen LogP contribution in [0.2, 0.25) is 0 Å². The number of aliphatic hydroxyl groups is 3. The monoisotopic (exact) mass is 261 g/mol. The van der Waals surface area contributed by atoms with E-state index in [1.807, 2.05) is 0 Å². The first-order valence-electron chi connectivity index (χ1n) is 5.71. The molecule has 0 amide bonds. The van der Waals surface area contributed by atoms with Gasteiger partial charge in [-0.1, -0.05) is 0 Å². The van der Waals surface area contributed by atoms with E-state index in [1.54, 1.807) is 12.3 Å². The van der Waals surface area contributed by atoms with Gasteiger partial charge in [0.05, 0.1) is 12.8 Å². The lowest BCUT2D eigenvalue weighted by atomic mass is 10.1. The van der Waals surface area contributed by atoms with Crippen molar-refractivity contribution in [1.82, 2.24) is 10.2 Å². The third kappa shape index (κ3) is 2.36. The van der Waals surface area contributed by atoms with E-state index in [0.29, 0.717) is 0 Å². The minimum Gasteiger partial charge on any atom is -0.394 e. The van der Waals surface area contributed by atoms with Crippen molar-refractivity contribution in [2.75, 3.05) is 13.7 Å². The van der Waals surface area contributed by atoms with Crippen molar-refractivity contribution in [3.63, 3.8) is 0 Å². The second-order valence-electron chi connectivity index (χ2n) is 4.29. The molecule has 104 valence electrons. The van der Waals surface area contributed by atoms with Crippen LogP contribution >= 0.6 is 0 Å². The number of rotatable bonds is 3. The normalized spacial score (nSPS) is 44.6. The number of aliphatic hydroxyl groups excluding tert-OH is 3. The van der Waals surface area contributed by atoms with Gasteiger partial charge in [0.15, 0.2) is 12.6 Å². The van der Waals surface area contributed by atoms with E-state index in [4.69, 9.17) is 20.3 Å². The van der Waals surface area contributed by atoms with Crippen molar-refractivity contribution in [3.05, 3.63) is 12.3 Å². The first kappa shape index (κ1) is 13.7. The zero-order valence-corrected chi connectivity index (χ0v) is 10.0. The Morgan fingerprint density at radius 3 is 2.78 bits per heavy atom. The van der Waals surface area contributed by atoms with Crippen molar-refractivity contribution in [1.29, 1.82) is 0 Å². The van der Waals surface area contributed by atoms with Crippen molar-refractivity contribution < 1.29 is 24.8 Å². The molecule has 8 heteroatoms. The van der Waals surface area contributed by atoms with Gasteiger partial charge in [-0.2, -0.15) is 0 Å². The van der Waals surface area contributed by atoms with E-state index in [9.17, 15) is 10.2 Å². The summed E-state index contributed by atoms with van der Waals surface area (Å²) >= 11 is 0. The van der Waals surface area contributed by atoms with Crippen LogP contribution in [0.15, 0.2) is 12.3 Å². The predicted octanol–water partition coefficient (Wildman–Crippen LogP) is -2.94. The summed E-state index contributed by atoms with van der Waals surface area (Å²) in [6.07, 6.45) is -1.34. The van der Waals surface area contributed by atoms with Crippen LogP contribution in [0.5, 0.6) is 0 Å². The quantitative estimate of drug-likeness (QED) is 0.366. The van der Waals surface area contributed by atoms with Gasteiger partial charge in [0.25, 0.3) is 0 Å². The van der Waals surface area contributed by atoms with Crippen LogP contribution in [-0.4, -0.2) is 71.0 Å².